The van der Waals surface area contributed by atoms with E-state index in [-0.39, 0.29) is 11.7 Å². The topological polar surface area (TPSA) is 63.2 Å². The fourth-order valence-electron chi connectivity index (χ4n) is 3.70. The van der Waals surface area contributed by atoms with Gasteiger partial charge in [-0.15, -0.1) is 0 Å². The van der Waals surface area contributed by atoms with E-state index in [0.717, 1.165) is 44.2 Å². The molecule has 0 atom stereocenters. The van der Waals surface area contributed by atoms with Crippen molar-refractivity contribution in [1.29, 1.82) is 0 Å². The zero-order valence-corrected chi connectivity index (χ0v) is 19.1. The van der Waals surface area contributed by atoms with Crippen LogP contribution < -0.4 is 15.5 Å². The summed E-state index contributed by atoms with van der Waals surface area (Å²) in [6.45, 7) is 4.94. The van der Waals surface area contributed by atoms with Crippen LogP contribution in [0.5, 0.6) is 0 Å². The molecule has 32 heavy (non-hydrogen) atoms. The van der Waals surface area contributed by atoms with Crippen molar-refractivity contribution in [3.05, 3.63) is 65.5 Å². The van der Waals surface area contributed by atoms with Gasteiger partial charge in [-0.2, -0.15) is 0 Å². The van der Waals surface area contributed by atoms with E-state index in [9.17, 15) is 9.18 Å². The van der Waals surface area contributed by atoms with Gasteiger partial charge in [0.1, 0.15) is 5.82 Å². The van der Waals surface area contributed by atoms with Crippen molar-refractivity contribution in [3.8, 4) is 0 Å². The maximum Gasteiger partial charge on any atom is 0.251 e. The number of hydrogen-bond acceptors (Lipinski definition) is 4. The van der Waals surface area contributed by atoms with Crippen molar-refractivity contribution < 1.29 is 9.18 Å². The van der Waals surface area contributed by atoms with Crippen molar-refractivity contribution >= 4 is 17.6 Å². The number of piperazine rings is 1. The minimum atomic E-state index is -0.186. The van der Waals surface area contributed by atoms with E-state index in [1.54, 1.807) is 13.1 Å². The van der Waals surface area contributed by atoms with E-state index in [4.69, 9.17) is 0 Å². The highest BCUT2D eigenvalue weighted by atomic mass is 19.1. The van der Waals surface area contributed by atoms with Crippen LogP contribution in [0.3, 0.4) is 0 Å². The Morgan fingerprint density at radius 1 is 1.06 bits per heavy atom. The molecule has 0 unspecified atom stereocenters. The van der Waals surface area contributed by atoms with Crippen molar-refractivity contribution in [2.75, 3.05) is 65.3 Å². The first-order valence-corrected chi connectivity index (χ1v) is 10.9. The van der Waals surface area contributed by atoms with Crippen LogP contribution in [0.2, 0.25) is 0 Å². The van der Waals surface area contributed by atoms with Gasteiger partial charge in [-0.05, 0) is 43.9 Å². The molecule has 1 saturated heterocycles. The summed E-state index contributed by atoms with van der Waals surface area (Å²) in [6, 6.07) is 14.5. The molecule has 1 amide bonds. The Morgan fingerprint density at radius 3 is 2.50 bits per heavy atom. The smallest absolute Gasteiger partial charge is 0.251 e. The molecule has 0 spiro atoms. The van der Waals surface area contributed by atoms with Crippen LogP contribution in [0.15, 0.2) is 53.5 Å². The Morgan fingerprint density at radius 2 is 1.81 bits per heavy atom. The third kappa shape index (κ3) is 6.43. The molecule has 172 valence electrons. The van der Waals surface area contributed by atoms with Gasteiger partial charge in [-0.25, -0.2) is 4.39 Å². The summed E-state index contributed by atoms with van der Waals surface area (Å²) in [7, 11) is 5.72. The number of anilines is 1. The molecule has 2 aromatic rings. The molecule has 1 aliphatic heterocycles. The number of carbonyl (C=O) groups excluding carboxylic acids is 1. The van der Waals surface area contributed by atoms with Gasteiger partial charge in [0.25, 0.3) is 5.91 Å². The summed E-state index contributed by atoms with van der Waals surface area (Å²) in [5.74, 6) is 0.551. The molecular weight excluding hydrogens is 407 g/mol. The molecule has 7 nitrogen and oxygen atoms in total. The summed E-state index contributed by atoms with van der Waals surface area (Å²) in [5, 5.41) is 6.33. The maximum absolute atomic E-state index is 14.1. The van der Waals surface area contributed by atoms with Gasteiger partial charge in [0.05, 0.1) is 5.69 Å². The van der Waals surface area contributed by atoms with Gasteiger partial charge < -0.3 is 25.3 Å². The van der Waals surface area contributed by atoms with Crippen LogP contribution in [0.4, 0.5) is 10.1 Å². The van der Waals surface area contributed by atoms with Gasteiger partial charge in [-0.1, -0.05) is 24.3 Å². The lowest BCUT2D eigenvalue weighted by Crippen LogP contribution is -2.52. The third-order valence-corrected chi connectivity index (χ3v) is 5.47. The molecule has 1 aliphatic rings. The zero-order chi connectivity index (χ0) is 22.9. The average Bonchev–Trinajstić information content (AvgIpc) is 2.80. The number of likely N-dealkylation sites (N-methyl/N-ethyl adjacent to an activating group) is 1. The van der Waals surface area contributed by atoms with Crippen molar-refractivity contribution in [3.63, 3.8) is 0 Å². The normalized spacial score (nSPS) is 14.6. The largest absolute Gasteiger partial charge is 0.366 e. The fourth-order valence-corrected chi connectivity index (χ4v) is 3.70. The summed E-state index contributed by atoms with van der Waals surface area (Å²) >= 11 is 0. The van der Waals surface area contributed by atoms with E-state index in [2.05, 4.69) is 25.4 Å². The van der Waals surface area contributed by atoms with Crippen LogP contribution in [0.25, 0.3) is 0 Å². The molecule has 0 radical (unpaired) electrons. The molecule has 1 fully saturated rings. The lowest BCUT2D eigenvalue weighted by atomic mass is 10.1. The Labute approximate surface area is 189 Å². The number of benzene rings is 2. The van der Waals surface area contributed by atoms with E-state index < -0.39 is 0 Å². The number of nitrogens with zero attached hydrogens (tertiary/aromatic N) is 4. The molecule has 2 N–H and O–H groups in total. The van der Waals surface area contributed by atoms with Crippen molar-refractivity contribution in [2.24, 2.45) is 4.99 Å². The first kappa shape index (κ1) is 23.5. The first-order valence-electron chi connectivity index (χ1n) is 10.9. The predicted molar refractivity (Wildman–Crippen MR) is 128 cm³/mol. The Balaban J connectivity index is 1.52. The minimum Gasteiger partial charge on any atom is -0.366 e. The molecule has 0 aromatic heterocycles. The van der Waals surface area contributed by atoms with E-state index in [1.807, 2.05) is 55.4 Å². The summed E-state index contributed by atoms with van der Waals surface area (Å²) < 4.78 is 14.1. The number of hydrogen-bond donors (Lipinski definition) is 2. The van der Waals surface area contributed by atoms with E-state index >= 15 is 0 Å². The summed E-state index contributed by atoms with van der Waals surface area (Å²) in [6.07, 6.45) is 0. The van der Waals surface area contributed by atoms with Crippen LogP contribution in [-0.4, -0.2) is 82.1 Å². The van der Waals surface area contributed by atoms with Crippen molar-refractivity contribution in [1.82, 2.24) is 20.4 Å². The molecule has 0 aliphatic carbocycles. The van der Waals surface area contributed by atoms with E-state index in [1.165, 1.54) is 6.07 Å². The molecule has 8 heteroatoms. The summed E-state index contributed by atoms with van der Waals surface area (Å²) in [4.78, 5) is 23.1. The number of rotatable bonds is 7. The van der Waals surface area contributed by atoms with Crippen LogP contribution in [0, 0.1) is 5.82 Å². The number of aliphatic imine (C=N–C) groups is 1. The number of halogens is 1. The minimum absolute atomic E-state index is 0.0673. The van der Waals surface area contributed by atoms with Gasteiger partial charge in [-0.3, -0.25) is 9.79 Å². The fraction of sp³-hybridized carbons (Fsp3) is 0.417. The molecule has 0 bridgehead atoms. The third-order valence-electron chi connectivity index (χ3n) is 5.47. The maximum atomic E-state index is 14.1. The second-order valence-corrected chi connectivity index (χ2v) is 8.09. The Hall–Kier alpha value is -3.13. The quantitative estimate of drug-likeness (QED) is 0.510. The summed E-state index contributed by atoms with van der Waals surface area (Å²) in [5.41, 5.74) is 2.31. The first-order chi connectivity index (χ1) is 15.5. The second-order valence-electron chi connectivity index (χ2n) is 8.09. The molecular formula is C24H33FN6O. The van der Waals surface area contributed by atoms with Gasteiger partial charge in [0.2, 0.25) is 0 Å². The Kier molecular flexibility index (Phi) is 8.44. The zero-order valence-electron chi connectivity index (χ0n) is 19.1. The highest BCUT2D eigenvalue weighted by Crippen LogP contribution is 2.20. The number of carbonyl (C=O) groups is 1. The highest BCUT2D eigenvalue weighted by molar-refractivity contribution is 5.94. The Bertz CT molecular complexity index is 924. The average molecular weight is 441 g/mol. The second kappa shape index (κ2) is 11.5. The lowest BCUT2D eigenvalue weighted by Gasteiger charge is -2.37. The van der Waals surface area contributed by atoms with Gasteiger partial charge >= 0.3 is 0 Å². The SMILES string of the molecule is CN=C(NCc1cccc(C(=O)NCCN(C)C)c1)N1CCN(c2ccccc2F)CC1. The molecule has 3 rings (SSSR count). The number of nitrogens with one attached hydrogen (secondary N) is 2. The van der Waals surface area contributed by atoms with Gasteiger partial charge in [0, 0.05) is 58.4 Å². The van der Waals surface area contributed by atoms with E-state index in [0.29, 0.717) is 24.3 Å². The van der Waals surface area contributed by atoms with Gasteiger partial charge in [0.15, 0.2) is 5.96 Å². The monoisotopic (exact) mass is 440 g/mol. The van der Waals surface area contributed by atoms with Crippen LogP contribution in [0.1, 0.15) is 15.9 Å². The van der Waals surface area contributed by atoms with Crippen molar-refractivity contribution in [2.45, 2.75) is 6.54 Å². The van der Waals surface area contributed by atoms with Crippen LogP contribution in [-0.2, 0) is 6.54 Å². The number of amides is 1. The highest BCUT2D eigenvalue weighted by Gasteiger charge is 2.21. The standard InChI is InChI=1S/C24H33FN6O/c1-26-24(31-15-13-30(14-16-31)22-10-5-4-9-21(22)25)28-18-19-7-6-8-20(17-19)23(32)27-11-12-29(2)3/h4-10,17H,11-16,18H2,1-3H3,(H,26,28)(H,27,32). The number of guanidine groups is 1. The van der Waals surface area contributed by atoms with Crippen LogP contribution >= 0.6 is 0 Å². The lowest BCUT2D eigenvalue weighted by molar-refractivity contribution is 0.0951. The molecule has 0 saturated carbocycles. The molecule has 2 aromatic carbocycles. The number of para-hydroxylation sites is 1. The predicted octanol–water partition coefficient (Wildman–Crippen LogP) is 2.01. The molecule has 1 heterocycles.